The van der Waals surface area contributed by atoms with E-state index in [2.05, 4.69) is 0 Å². The predicted molar refractivity (Wildman–Crippen MR) is 55.7 cm³/mol. The molecular weight excluding hydrogens is 196 g/mol. The van der Waals surface area contributed by atoms with Crippen LogP contribution in [-0.4, -0.2) is 32.2 Å². The van der Waals surface area contributed by atoms with Crippen molar-refractivity contribution < 1.29 is 19.3 Å². The van der Waals surface area contributed by atoms with E-state index in [4.69, 9.17) is 19.3 Å². The van der Waals surface area contributed by atoms with Crippen LogP contribution in [0, 0.1) is 0 Å². The summed E-state index contributed by atoms with van der Waals surface area (Å²) >= 11 is 0. The predicted octanol–water partition coefficient (Wildman–Crippen LogP) is 1.18. The zero-order valence-electron chi connectivity index (χ0n) is 8.97. The van der Waals surface area contributed by atoms with Crippen molar-refractivity contribution in [3.63, 3.8) is 0 Å². The van der Waals surface area contributed by atoms with Crippen molar-refractivity contribution in [2.75, 3.05) is 20.8 Å². The summed E-state index contributed by atoms with van der Waals surface area (Å²) in [5, 5.41) is 9.06. The highest BCUT2D eigenvalue weighted by molar-refractivity contribution is 5.32. The van der Waals surface area contributed by atoms with Gasteiger partial charge in [0.1, 0.15) is 12.4 Å². The van der Waals surface area contributed by atoms with Crippen LogP contribution in [-0.2, 0) is 16.1 Å². The fourth-order valence-electron chi connectivity index (χ4n) is 1.17. The molecule has 0 bridgehead atoms. The van der Waals surface area contributed by atoms with Crippen LogP contribution in [0.2, 0.25) is 0 Å². The Balaban J connectivity index is 2.56. The molecule has 1 aromatic carbocycles. The lowest BCUT2D eigenvalue weighted by molar-refractivity contribution is -0.122. The van der Waals surface area contributed by atoms with Crippen molar-refractivity contribution in [1.82, 2.24) is 0 Å². The number of aliphatic hydroxyl groups is 1. The maximum Gasteiger partial charge on any atom is 0.191 e. The Morgan fingerprint density at radius 1 is 1.20 bits per heavy atom. The second-order valence-corrected chi connectivity index (χ2v) is 2.98. The Kier molecular flexibility index (Phi) is 5.10. The molecule has 0 heterocycles. The van der Waals surface area contributed by atoms with E-state index in [1.165, 1.54) is 0 Å². The minimum Gasteiger partial charge on any atom is -0.488 e. The third-order valence-corrected chi connectivity index (χ3v) is 2.04. The molecule has 0 spiro atoms. The molecule has 0 amide bonds. The lowest BCUT2D eigenvalue weighted by atomic mass is 10.2. The van der Waals surface area contributed by atoms with Gasteiger partial charge in [-0.15, -0.1) is 0 Å². The summed E-state index contributed by atoms with van der Waals surface area (Å²) in [4.78, 5) is 0. The van der Waals surface area contributed by atoms with Crippen LogP contribution in [0.15, 0.2) is 24.3 Å². The normalized spacial score (nSPS) is 10.7. The Hall–Kier alpha value is -1.10. The van der Waals surface area contributed by atoms with Crippen molar-refractivity contribution >= 4 is 0 Å². The lowest BCUT2D eigenvalue weighted by Crippen LogP contribution is -2.22. The van der Waals surface area contributed by atoms with Crippen molar-refractivity contribution in [3.05, 3.63) is 29.8 Å². The number of ether oxygens (including phenoxy) is 3. The van der Waals surface area contributed by atoms with Crippen LogP contribution in [0.1, 0.15) is 5.56 Å². The Morgan fingerprint density at radius 3 is 2.47 bits per heavy atom. The summed E-state index contributed by atoms with van der Waals surface area (Å²) in [6.45, 7) is 0.255. The van der Waals surface area contributed by atoms with Crippen molar-refractivity contribution in [1.29, 1.82) is 0 Å². The quantitative estimate of drug-likeness (QED) is 0.719. The first kappa shape index (κ1) is 12.0. The number of para-hydroxylation sites is 1. The molecule has 0 aliphatic carbocycles. The van der Waals surface area contributed by atoms with Gasteiger partial charge in [0.25, 0.3) is 0 Å². The van der Waals surface area contributed by atoms with Gasteiger partial charge in [-0.1, -0.05) is 18.2 Å². The summed E-state index contributed by atoms with van der Waals surface area (Å²) in [6.07, 6.45) is -0.392. The Bertz CT molecular complexity index is 284. The largest absolute Gasteiger partial charge is 0.488 e. The molecule has 84 valence electrons. The first-order valence-electron chi connectivity index (χ1n) is 4.69. The molecule has 0 saturated heterocycles. The van der Waals surface area contributed by atoms with E-state index in [9.17, 15) is 0 Å². The van der Waals surface area contributed by atoms with Crippen LogP contribution in [0.4, 0.5) is 0 Å². The van der Waals surface area contributed by atoms with E-state index in [1.54, 1.807) is 20.3 Å². The maximum atomic E-state index is 9.06. The van der Waals surface area contributed by atoms with Gasteiger partial charge in [0.05, 0.1) is 6.61 Å². The third kappa shape index (κ3) is 3.51. The summed E-state index contributed by atoms with van der Waals surface area (Å²) in [5.74, 6) is 0.652. The van der Waals surface area contributed by atoms with Gasteiger partial charge in [-0.2, -0.15) is 0 Å². The first-order chi connectivity index (χ1) is 7.31. The second-order valence-electron chi connectivity index (χ2n) is 2.98. The van der Waals surface area contributed by atoms with E-state index >= 15 is 0 Å². The summed E-state index contributed by atoms with van der Waals surface area (Å²) in [5.41, 5.74) is 0.753. The first-order valence-corrected chi connectivity index (χ1v) is 4.69. The molecule has 4 heteroatoms. The van der Waals surface area contributed by atoms with Crippen LogP contribution in [0.3, 0.4) is 0 Å². The zero-order valence-corrected chi connectivity index (χ0v) is 8.97. The van der Waals surface area contributed by atoms with Crippen LogP contribution >= 0.6 is 0 Å². The average Bonchev–Trinajstić information content (AvgIpc) is 2.31. The molecule has 4 nitrogen and oxygen atoms in total. The smallest absolute Gasteiger partial charge is 0.191 e. The second kappa shape index (κ2) is 6.40. The van der Waals surface area contributed by atoms with Crippen LogP contribution in [0.25, 0.3) is 0 Å². The van der Waals surface area contributed by atoms with Crippen LogP contribution < -0.4 is 4.74 Å². The van der Waals surface area contributed by atoms with Gasteiger partial charge in [0.2, 0.25) is 0 Å². The van der Waals surface area contributed by atoms with Crippen molar-refractivity contribution in [2.45, 2.75) is 12.9 Å². The number of hydrogen-bond donors (Lipinski definition) is 1. The topological polar surface area (TPSA) is 47.9 Å². The minimum absolute atomic E-state index is 0.0409. The number of methoxy groups -OCH3 is 2. The van der Waals surface area contributed by atoms with E-state index in [-0.39, 0.29) is 6.61 Å². The summed E-state index contributed by atoms with van der Waals surface area (Å²) < 4.78 is 15.4. The maximum absolute atomic E-state index is 9.06. The number of rotatable bonds is 6. The molecule has 0 aromatic heterocycles. The zero-order chi connectivity index (χ0) is 11.1. The molecule has 0 unspecified atom stereocenters. The van der Waals surface area contributed by atoms with E-state index < -0.39 is 6.29 Å². The van der Waals surface area contributed by atoms with Gasteiger partial charge < -0.3 is 19.3 Å². The fourth-order valence-corrected chi connectivity index (χ4v) is 1.17. The molecular formula is C11H16O4. The van der Waals surface area contributed by atoms with Gasteiger partial charge in [0, 0.05) is 19.8 Å². The van der Waals surface area contributed by atoms with Crippen LogP contribution in [0.5, 0.6) is 5.75 Å². The SMILES string of the molecule is COC(COc1ccccc1CO)OC. The molecule has 0 aliphatic rings. The molecule has 0 radical (unpaired) electrons. The molecule has 1 rings (SSSR count). The van der Waals surface area contributed by atoms with Gasteiger partial charge in [0.15, 0.2) is 6.29 Å². The lowest BCUT2D eigenvalue weighted by Gasteiger charge is -2.15. The highest BCUT2D eigenvalue weighted by Gasteiger charge is 2.07. The standard InChI is InChI=1S/C11H16O4/c1-13-11(14-2)8-15-10-6-4-3-5-9(10)7-12/h3-6,11-12H,7-8H2,1-2H3. The van der Waals surface area contributed by atoms with Gasteiger partial charge in [-0.3, -0.25) is 0 Å². The average molecular weight is 212 g/mol. The molecule has 0 atom stereocenters. The fraction of sp³-hybridized carbons (Fsp3) is 0.455. The molecule has 0 aliphatic heterocycles. The Morgan fingerprint density at radius 2 is 1.87 bits per heavy atom. The van der Waals surface area contributed by atoms with Gasteiger partial charge >= 0.3 is 0 Å². The number of hydrogen-bond acceptors (Lipinski definition) is 4. The molecule has 0 saturated carbocycles. The molecule has 1 aromatic rings. The summed E-state index contributed by atoms with van der Waals surface area (Å²) in [7, 11) is 3.10. The third-order valence-electron chi connectivity index (χ3n) is 2.04. The van der Waals surface area contributed by atoms with Crippen molar-refractivity contribution in [2.24, 2.45) is 0 Å². The number of benzene rings is 1. The summed E-state index contributed by atoms with van der Waals surface area (Å²) in [6, 6.07) is 7.31. The minimum atomic E-state index is -0.392. The molecule has 0 fully saturated rings. The van der Waals surface area contributed by atoms with E-state index in [0.717, 1.165) is 5.56 Å². The number of aliphatic hydroxyl groups excluding tert-OH is 1. The van der Waals surface area contributed by atoms with Crippen molar-refractivity contribution in [3.8, 4) is 5.75 Å². The molecule has 15 heavy (non-hydrogen) atoms. The molecule has 1 N–H and O–H groups in total. The Labute approximate surface area is 89.4 Å². The highest BCUT2D eigenvalue weighted by Crippen LogP contribution is 2.17. The van der Waals surface area contributed by atoms with E-state index in [0.29, 0.717) is 12.4 Å². The van der Waals surface area contributed by atoms with Gasteiger partial charge in [-0.05, 0) is 6.07 Å². The highest BCUT2D eigenvalue weighted by atomic mass is 16.7. The monoisotopic (exact) mass is 212 g/mol. The van der Waals surface area contributed by atoms with Gasteiger partial charge in [-0.25, -0.2) is 0 Å². The van der Waals surface area contributed by atoms with E-state index in [1.807, 2.05) is 18.2 Å².